The molecule has 5 heteroatoms. The van der Waals surface area contributed by atoms with Crippen molar-refractivity contribution in [2.75, 3.05) is 6.61 Å². The average Bonchev–Trinajstić information content (AvgIpc) is 2.12. The molecule has 0 radical (unpaired) electrons. The third-order valence-corrected chi connectivity index (χ3v) is 2.74. The minimum absolute atomic E-state index is 0.0463. The average molecular weight is 398 g/mol. The summed E-state index contributed by atoms with van der Waals surface area (Å²) in [5, 5.41) is 2.76. The Balaban J connectivity index is 2.51. The molecule has 1 N–H and O–H groups in total. The number of nitrogens with one attached hydrogen (secondary N) is 1. The number of carbonyl (C=O) groups excluding carboxylic acids is 1. The molecule has 0 spiro atoms. The predicted octanol–water partition coefficient (Wildman–Crippen LogP) is 2.96. The zero-order valence-electron chi connectivity index (χ0n) is 9.09. The van der Waals surface area contributed by atoms with E-state index in [1.54, 1.807) is 0 Å². The maximum atomic E-state index is 11.3. The standard InChI is InChI=1S/C11H13BrINO2/c1-7(2)14-11(15)6-16-10-4-8(12)3-9(13)5-10/h3-5,7H,6H2,1-2H3,(H,14,15). The molecule has 16 heavy (non-hydrogen) atoms. The SMILES string of the molecule is CC(C)NC(=O)COc1cc(Br)cc(I)c1. The third kappa shape index (κ3) is 5.16. The van der Waals surface area contributed by atoms with Crippen LogP contribution in [0.2, 0.25) is 0 Å². The van der Waals surface area contributed by atoms with Gasteiger partial charge in [0.05, 0.1) is 0 Å². The minimum atomic E-state index is -0.106. The Morgan fingerprint density at radius 3 is 2.75 bits per heavy atom. The van der Waals surface area contributed by atoms with E-state index < -0.39 is 0 Å². The van der Waals surface area contributed by atoms with Crippen LogP contribution in [-0.4, -0.2) is 18.6 Å². The van der Waals surface area contributed by atoms with E-state index in [0.29, 0.717) is 5.75 Å². The molecule has 0 heterocycles. The topological polar surface area (TPSA) is 38.3 Å². The normalized spacial score (nSPS) is 10.3. The van der Waals surface area contributed by atoms with Gasteiger partial charge in [-0.2, -0.15) is 0 Å². The molecule has 1 aromatic carbocycles. The molecular formula is C11H13BrINO2. The third-order valence-electron chi connectivity index (χ3n) is 1.66. The fourth-order valence-corrected chi connectivity index (χ4v) is 2.67. The number of hydrogen-bond acceptors (Lipinski definition) is 2. The first-order chi connectivity index (χ1) is 7.47. The Hall–Kier alpha value is -0.300. The van der Waals surface area contributed by atoms with Crippen LogP contribution >= 0.6 is 38.5 Å². The van der Waals surface area contributed by atoms with Crippen LogP contribution in [0.3, 0.4) is 0 Å². The first kappa shape index (κ1) is 13.8. The summed E-state index contributed by atoms with van der Waals surface area (Å²) in [4.78, 5) is 11.3. The van der Waals surface area contributed by atoms with E-state index in [9.17, 15) is 4.79 Å². The molecule has 0 unspecified atom stereocenters. The number of amides is 1. The largest absolute Gasteiger partial charge is 0.484 e. The van der Waals surface area contributed by atoms with E-state index in [1.807, 2.05) is 32.0 Å². The molecule has 1 rings (SSSR count). The zero-order chi connectivity index (χ0) is 12.1. The Labute approximate surface area is 117 Å². The molecule has 3 nitrogen and oxygen atoms in total. The van der Waals surface area contributed by atoms with Crippen molar-refractivity contribution in [1.82, 2.24) is 5.32 Å². The molecular weight excluding hydrogens is 385 g/mol. The number of halogens is 2. The maximum Gasteiger partial charge on any atom is 0.258 e. The molecule has 88 valence electrons. The first-order valence-corrected chi connectivity index (χ1v) is 6.73. The van der Waals surface area contributed by atoms with Gasteiger partial charge in [-0.3, -0.25) is 4.79 Å². The Morgan fingerprint density at radius 1 is 1.50 bits per heavy atom. The quantitative estimate of drug-likeness (QED) is 0.793. The van der Waals surface area contributed by atoms with Crippen molar-refractivity contribution in [3.8, 4) is 5.75 Å². The fourth-order valence-electron chi connectivity index (χ4n) is 1.12. The van der Waals surface area contributed by atoms with Gasteiger partial charge in [0.2, 0.25) is 0 Å². The van der Waals surface area contributed by atoms with Crippen molar-refractivity contribution in [1.29, 1.82) is 0 Å². The molecule has 1 amide bonds. The van der Waals surface area contributed by atoms with Gasteiger partial charge < -0.3 is 10.1 Å². The lowest BCUT2D eigenvalue weighted by Crippen LogP contribution is -2.34. The van der Waals surface area contributed by atoms with E-state index in [0.717, 1.165) is 8.04 Å². The molecule has 0 aliphatic carbocycles. The highest BCUT2D eigenvalue weighted by atomic mass is 127. The Morgan fingerprint density at radius 2 is 2.19 bits per heavy atom. The van der Waals surface area contributed by atoms with Gasteiger partial charge in [0.15, 0.2) is 6.61 Å². The molecule has 0 bridgehead atoms. The van der Waals surface area contributed by atoms with Crippen LogP contribution in [0.25, 0.3) is 0 Å². The first-order valence-electron chi connectivity index (χ1n) is 4.85. The summed E-state index contributed by atoms with van der Waals surface area (Å²) in [5.41, 5.74) is 0. The minimum Gasteiger partial charge on any atom is -0.484 e. The maximum absolute atomic E-state index is 11.3. The highest BCUT2D eigenvalue weighted by Gasteiger charge is 2.05. The number of ether oxygens (including phenoxy) is 1. The van der Waals surface area contributed by atoms with Crippen LogP contribution in [0.4, 0.5) is 0 Å². The van der Waals surface area contributed by atoms with Gasteiger partial charge >= 0.3 is 0 Å². The zero-order valence-corrected chi connectivity index (χ0v) is 12.8. The summed E-state index contributed by atoms with van der Waals surface area (Å²) in [6, 6.07) is 5.83. The van der Waals surface area contributed by atoms with Gasteiger partial charge in [0, 0.05) is 14.1 Å². The van der Waals surface area contributed by atoms with E-state index in [4.69, 9.17) is 4.74 Å². The molecule has 0 atom stereocenters. The molecule has 0 saturated heterocycles. The highest BCUT2D eigenvalue weighted by Crippen LogP contribution is 2.22. The van der Waals surface area contributed by atoms with Crippen LogP contribution in [0.1, 0.15) is 13.8 Å². The van der Waals surface area contributed by atoms with Crippen molar-refractivity contribution >= 4 is 44.4 Å². The van der Waals surface area contributed by atoms with Crippen molar-refractivity contribution in [2.45, 2.75) is 19.9 Å². The summed E-state index contributed by atoms with van der Waals surface area (Å²) >= 11 is 5.57. The summed E-state index contributed by atoms with van der Waals surface area (Å²) < 4.78 is 7.39. The Kier molecular flexibility index (Phi) is 5.54. The van der Waals surface area contributed by atoms with E-state index in [1.165, 1.54) is 0 Å². The van der Waals surface area contributed by atoms with Gasteiger partial charge in [-0.05, 0) is 54.6 Å². The van der Waals surface area contributed by atoms with Crippen LogP contribution in [0, 0.1) is 3.57 Å². The van der Waals surface area contributed by atoms with Crippen LogP contribution < -0.4 is 10.1 Å². The summed E-state index contributed by atoms with van der Waals surface area (Å²) in [5.74, 6) is 0.586. The highest BCUT2D eigenvalue weighted by molar-refractivity contribution is 14.1. The lowest BCUT2D eigenvalue weighted by atomic mass is 10.3. The van der Waals surface area contributed by atoms with E-state index >= 15 is 0 Å². The second-order valence-electron chi connectivity index (χ2n) is 3.62. The Bertz CT molecular complexity index is 362. The molecule has 0 saturated carbocycles. The van der Waals surface area contributed by atoms with Gasteiger partial charge in [-0.25, -0.2) is 0 Å². The van der Waals surface area contributed by atoms with Crippen molar-refractivity contribution in [3.63, 3.8) is 0 Å². The van der Waals surface area contributed by atoms with Gasteiger partial charge in [0.25, 0.3) is 5.91 Å². The monoisotopic (exact) mass is 397 g/mol. The second-order valence-corrected chi connectivity index (χ2v) is 5.78. The summed E-state index contributed by atoms with van der Waals surface area (Å²) in [6.07, 6.45) is 0. The lowest BCUT2D eigenvalue weighted by Gasteiger charge is -2.10. The fraction of sp³-hybridized carbons (Fsp3) is 0.364. The molecule has 0 aliphatic rings. The molecule has 0 aliphatic heterocycles. The van der Waals surface area contributed by atoms with Crippen LogP contribution in [-0.2, 0) is 4.79 Å². The molecule has 0 fully saturated rings. The number of rotatable bonds is 4. The number of carbonyl (C=O) groups is 1. The van der Waals surface area contributed by atoms with Gasteiger partial charge in [-0.15, -0.1) is 0 Å². The molecule has 1 aromatic rings. The van der Waals surface area contributed by atoms with Crippen molar-refractivity contribution in [3.05, 3.63) is 26.2 Å². The van der Waals surface area contributed by atoms with Crippen LogP contribution in [0.15, 0.2) is 22.7 Å². The molecule has 0 aromatic heterocycles. The summed E-state index contributed by atoms with van der Waals surface area (Å²) in [6.45, 7) is 3.88. The second kappa shape index (κ2) is 6.44. The van der Waals surface area contributed by atoms with Crippen molar-refractivity contribution in [2.24, 2.45) is 0 Å². The predicted molar refractivity (Wildman–Crippen MR) is 75.6 cm³/mol. The van der Waals surface area contributed by atoms with E-state index in [2.05, 4.69) is 43.8 Å². The summed E-state index contributed by atoms with van der Waals surface area (Å²) in [7, 11) is 0. The van der Waals surface area contributed by atoms with Gasteiger partial charge in [-0.1, -0.05) is 15.9 Å². The number of hydrogen-bond donors (Lipinski definition) is 1. The van der Waals surface area contributed by atoms with E-state index in [-0.39, 0.29) is 18.6 Å². The van der Waals surface area contributed by atoms with Crippen molar-refractivity contribution < 1.29 is 9.53 Å². The smallest absolute Gasteiger partial charge is 0.258 e. The van der Waals surface area contributed by atoms with Crippen LogP contribution in [0.5, 0.6) is 5.75 Å². The number of benzene rings is 1. The van der Waals surface area contributed by atoms with Gasteiger partial charge in [0.1, 0.15) is 5.75 Å². The lowest BCUT2D eigenvalue weighted by molar-refractivity contribution is -0.123.